The number of anilines is 1. The number of piperazine rings is 1. The summed E-state index contributed by atoms with van der Waals surface area (Å²) in [4.78, 5) is 45.0. The molecule has 3 aromatic rings. The molecule has 0 atom stereocenters. The van der Waals surface area contributed by atoms with Crippen molar-refractivity contribution in [3.05, 3.63) is 84.4 Å². The Labute approximate surface area is 255 Å². The van der Waals surface area contributed by atoms with Gasteiger partial charge >= 0.3 is 12.2 Å². The van der Waals surface area contributed by atoms with Gasteiger partial charge in [0.2, 0.25) is 5.91 Å². The van der Waals surface area contributed by atoms with Crippen LogP contribution in [0.4, 0.5) is 15.3 Å². The van der Waals surface area contributed by atoms with Crippen molar-refractivity contribution in [2.75, 3.05) is 31.1 Å². The Hall–Kier alpha value is -4.34. The van der Waals surface area contributed by atoms with Gasteiger partial charge in [-0.15, -0.1) is 0 Å². The summed E-state index contributed by atoms with van der Waals surface area (Å²) < 4.78 is 12.6. The first-order chi connectivity index (χ1) is 20.2. The molecule has 2 aromatic carbocycles. The van der Waals surface area contributed by atoms with Crippen LogP contribution >= 0.6 is 0 Å². The Bertz CT molecular complexity index is 1290. The van der Waals surface area contributed by atoms with Crippen LogP contribution in [0.15, 0.2) is 73.3 Å². The number of amides is 3. The van der Waals surface area contributed by atoms with E-state index in [2.05, 4.69) is 17.1 Å². The maximum absolute atomic E-state index is 12.1. The van der Waals surface area contributed by atoms with Crippen molar-refractivity contribution in [1.82, 2.24) is 19.4 Å². The highest BCUT2D eigenvalue weighted by Gasteiger charge is 2.29. The molecule has 0 N–H and O–H groups in total. The molecule has 4 rings (SSSR count). The molecule has 1 saturated heterocycles. The highest BCUT2D eigenvalue weighted by molar-refractivity contribution is 5.91. The number of benzene rings is 2. The number of hydrogen-bond acceptors (Lipinski definition) is 6. The lowest BCUT2D eigenvalue weighted by atomic mass is 10.1. The lowest BCUT2D eigenvalue weighted by Gasteiger charge is -2.36. The summed E-state index contributed by atoms with van der Waals surface area (Å²) in [6.07, 6.45) is 4.82. The summed E-state index contributed by atoms with van der Waals surface area (Å²) in [5.74, 6) is 0.0358. The van der Waals surface area contributed by atoms with E-state index >= 15 is 0 Å². The number of carbonyl (C=O) groups is 3. The molecule has 0 saturated carbocycles. The molecule has 10 heteroatoms. The van der Waals surface area contributed by atoms with Gasteiger partial charge in [-0.1, -0.05) is 42.5 Å². The van der Waals surface area contributed by atoms with Crippen LogP contribution in [0.1, 0.15) is 59.6 Å². The minimum atomic E-state index is -0.501. The lowest BCUT2D eigenvalue weighted by Crippen LogP contribution is -2.52. The fraction of sp³-hybridized carbons (Fsp3) is 0.455. The molecule has 10 nitrogen and oxygen atoms in total. The van der Waals surface area contributed by atoms with E-state index < -0.39 is 11.2 Å². The average Bonchev–Trinajstić information content (AvgIpc) is 3.44. The first-order valence-corrected chi connectivity index (χ1v) is 14.5. The highest BCUT2D eigenvalue weighted by atomic mass is 16.6. The van der Waals surface area contributed by atoms with E-state index in [0.29, 0.717) is 32.7 Å². The highest BCUT2D eigenvalue weighted by Crippen LogP contribution is 2.20. The Kier molecular flexibility index (Phi) is 11.3. The molecule has 2 heterocycles. The predicted molar refractivity (Wildman–Crippen MR) is 167 cm³/mol. The maximum Gasteiger partial charge on any atom is 0.410 e. The second-order valence-electron chi connectivity index (χ2n) is 12.4. The molecule has 232 valence electrons. The molecule has 43 heavy (non-hydrogen) atoms. The molecule has 0 unspecified atom stereocenters. The molecule has 1 aromatic heterocycles. The first-order valence-electron chi connectivity index (χ1n) is 14.5. The lowest BCUT2D eigenvalue weighted by molar-refractivity contribution is -0.116. The third-order valence-corrected chi connectivity index (χ3v) is 6.29. The van der Waals surface area contributed by atoms with Gasteiger partial charge in [-0.2, -0.15) is 0 Å². The summed E-state index contributed by atoms with van der Waals surface area (Å²) >= 11 is 0. The average molecular weight is 592 g/mol. The van der Waals surface area contributed by atoms with E-state index in [1.165, 1.54) is 0 Å². The minimum Gasteiger partial charge on any atom is -0.444 e. The van der Waals surface area contributed by atoms with E-state index in [1.54, 1.807) is 34.1 Å². The molecule has 0 bridgehead atoms. The van der Waals surface area contributed by atoms with Crippen LogP contribution in [0.25, 0.3) is 0 Å². The number of aromatic nitrogens is 2. The molecule has 1 fully saturated rings. The topological polar surface area (TPSA) is 97.2 Å². The third-order valence-electron chi connectivity index (χ3n) is 6.29. The smallest absolute Gasteiger partial charge is 0.410 e. The summed E-state index contributed by atoms with van der Waals surface area (Å²) in [6, 6.07) is 18.1. The second-order valence-corrected chi connectivity index (χ2v) is 12.4. The number of carbonyl (C=O) groups excluding carboxylic acids is 3. The van der Waals surface area contributed by atoms with Crippen molar-refractivity contribution in [2.24, 2.45) is 0 Å². The van der Waals surface area contributed by atoms with E-state index in [4.69, 9.17) is 9.47 Å². The quantitative estimate of drug-likeness (QED) is 0.363. The summed E-state index contributed by atoms with van der Waals surface area (Å²) in [5, 5.41) is 0. The number of hydrogen-bond donors (Lipinski definition) is 0. The number of ether oxygens (including phenoxy) is 2. The van der Waals surface area contributed by atoms with Crippen LogP contribution < -0.4 is 4.90 Å². The maximum atomic E-state index is 12.1. The fourth-order valence-electron chi connectivity index (χ4n) is 4.29. The van der Waals surface area contributed by atoms with E-state index in [0.717, 1.165) is 23.4 Å². The summed E-state index contributed by atoms with van der Waals surface area (Å²) in [6.45, 7) is 15.8. The molecule has 0 aliphatic carbocycles. The monoisotopic (exact) mass is 591 g/mol. The van der Waals surface area contributed by atoms with Gasteiger partial charge in [0.25, 0.3) is 0 Å². The number of nitrogens with zero attached hydrogens (tertiary/aromatic N) is 5. The second kappa shape index (κ2) is 14.7. The summed E-state index contributed by atoms with van der Waals surface area (Å²) in [5.41, 5.74) is 2.17. The Morgan fingerprint density at radius 2 is 1.33 bits per heavy atom. The van der Waals surface area contributed by atoms with E-state index in [9.17, 15) is 14.4 Å². The molecule has 3 amide bonds. The Balaban J connectivity index is 0.000000238. The van der Waals surface area contributed by atoms with Crippen molar-refractivity contribution < 1.29 is 23.9 Å². The zero-order valence-electron chi connectivity index (χ0n) is 26.4. The first kappa shape index (κ1) is 33.2. The zero-order valence-corrected chi connectivity index (χ0v) is 26.4. The van der Waals surface area contributed by atoms with Crippen LogP contribution in [0.3, 0.4) is 0 Å². The molecular weight excluding hydrogens is 546 g/mol. The summed E-state index contributed by atoms with van der Waals surface area (Å²) in [7, 11) is 0. The van der Waals surface area contributed by atoms with Gasteiger partial charge in [0, 0.05) is 57.7 Å². The van der Waals surface area contributed by atoms with Crippen LogP contribution in [0, 0.1) is 0 Å². The van der Waals surface area contributed by atoms with Crippen molar-refractivity contribution in [2.45, 2.75) is 72.8 Å². The standard InChI is InChI=1S/C19H19N3O.C14H26N2O4/c1-16(23)22(14-17-6-3-2-4-7-17)19-9-5-8-18(12-19)13-21-11-10-20-15-21;1-13(2,3)19-11(17)15-7-9-16(10-8-15)12(18)20-14(4,5)6/h2-12,15H,13-14H2,1H3;7-10H2,1-6H3. The predicted octanol–water partition coefficient (Wildman–Crippen LogP) is 5.96. The van der Waals surface area contributed by atoms with Gasteiger partial charge in [-0.25, -0.2) is 14.6 Å². The van der Waals surface area contributed by atoms with Crippen molar-refractivity contribution in [3.63, 3.8) is 0 Å². The van der Waals surface area contributed by atoms with Gasteiger partial charge in [0.05, 0.1) is 12.9 Å². The van der Waals surface area contributed by atoms with Crippen molar-refractivity contribution in [1.29, 1.82) is 0 Å². The molecule has 1 aliphatic rings. The molecule has 0 spiro atoms. The van der Waals surface area contributed by atoms with E-state index in [-0.39, 0.29) is 18.1 Å². The van der Waals surface area contributed by atoms with Crippen molar-refractivity contribution >= 4 is 23.8 Å². The van der Waals surface area contributed by atoms with Crippen LogP contribution in [-0.4, -0.2) is 74.8 Å². The van der Waals surface area contributed by atoms with Gasteiger partial charge in [-0.05, 0) is 64.8 Å². The Morgan fingerprint density at radius 1 is 0.791 bits per heavy atom. The number of rotatable bonds is 5. The normalized spacial score (nSPS) is 13.5. The minimum absolute atomic E-state index is 0.0358. The fourth-order valence-corrected chi connectivity index (χ4v) is 4.29. The van der Waals surface area contributed by atoms with Crippen LogP contribution in [0.2, 0.25) is 0 Å². The third kappa shape index (κ3) is 11.5. The van der Waals surface area contributed by atoms with Crippen molar-refractivity contribution in [3.8, 4) is 0 Å². The van der Waals surface area contributed by atoms with Gasteiger partial charge in [-0.3, -0.25) is 4.79 Å². The van der Waals surface area contributed by atoms with Crippen LogP contribution in [0.5, 0.6) is 0 Å². The molecular formula is C33H45N5O5. The largest absolute Gasteiger partial charge is 0.444 e. The number of imidazole rings is 1. The zero-order chi connectivity index (χ0) is 31.6. The SMILES string of the molecule is CC(=O)N(Cc1ccccc1)c1cccc(Cn2ccnc2)c1.CC(C)(C)OC(=O)N1CCN(C(=O)OC(C)(C)C)CC1. The Morgan fingerprint density at radius 3 is 1.79 bits per heavy atom. The molecule has 0 radical (unpaired) electrons. The molecule has 1 aliphatic heterocycles. The van der Waals surface area contributed by atoms with Gasteiger partial charge in [0.1, 0.15) is 11.2 Å². The van der Waals surface area contributed by atoms with E-state index in [1.807, 2.05) is 94.8 Å². The van der Waals surface area contributed by atoms with Gasteiger partial charge < -0.3 is 28.7 Å². The van der Waals surface area contributed by atoms with Gasteiger partial charge in [0.15, 0.2) is 0 Å². The van der Waals surface area contributed by atoms with Crippen LogP contribution in [-0.2, 0) is 27.4 Å².